The van der Waals surface area contributed by atoms with E-state index >= 15 is 0 Å². The van der Waals surface area contributed by atoms with Gasteiger partial charge in [0.15, 0.2) is 0 Å². The van der Waals surface area contributed by atoms with Crippen LogP contribution in [-0.2, 0) is 0 Å². The second kappa shape index (κ2) is 6.02. The van der Waals surface area contributed by atoms with Crippen LogP contribution < -0.4 is 4.90 Å². The molecule has 0 saturated carbocycles. The van der Waals surface area contributed by atoms with E-state index in [9.17, 15) is 10.1 Å². The first-order valence-electron chi connectivity index (χ1n) is 5.15. The quantitative estimate of drug-likeness (QED) is 0.581. The van der Waals surface area contributed by atoms with Gasteiger partial charge in [-0.2, -0.15) is 0 Å². The van der Waals surface area contributed by atoms with Crippen LogP contribution in [0.2, 0.25) is 0 Å². The molecule has 16 heavy (non-hydrogen) atoms. The summed E-state index contributed by atoms with van der Waals surface area (Å²) >= 11 is 0. The van der Waals surface area contributed by atoms with Crippen molar-refractivity contribution < 1.29 is 10.0 Å². The van der Waals surface area contributed by atoms with E-state index in [4.69, 9.17) is 5.11 Å². The maximum Gasteiger partial charge on any atom is 0.274 e. The predicted molar refractivity (Wildman–Crippen MR) is 60.5 cm³/mol. The molecule has 0 aliphatic rings. The number of aromatic nitrogens is 1. The smallest absolute Gasteiger partial charge is 0.274 e. The molecule has 0 aliphatic carbocycles. The lowest BCUT2D eigenvalue weighted by Gasteiger charge is -2.20. The molecule has 1 N–H and O–H groups in total. The fourth-order valence-corrected chi connectivity index (χ4v) is 1.39. The van der Waals surface area contributed by atoms with E-state index in [1.165, 1.54) is 18.3 Å². The highest BCUT2D eigenvalue weighted by Gasteiger charge is 2.10. The summed E-state index contributed by atoms with van der Waals surface area (Å²) in [6.07, 6.45) is 2.05. The number of anilines is 1. The zero-order chi connectivity index (χ0) is 12.0. The van der Waals surface area contributed by atoms with E-state index in [2.05, 4.69) is 4.98 Å². The van der Waals surface area contributed by atoms with Crippen LogP contribution in [0.3, 0.4) is 0 Å². The van der Waals surface area contributed by atoms with Crippen LogP contribution in [0.4, 0.5) is 11.5 Å². The summed E-state index contributed by atoms with van der Waals surface area (Å²) in [6, 6.07) is 2.81. The van der Waals surface area contributed by atoms with Crippen LogP contribution in [0.1, 0.15) is 13.3 Å². The molecule has 0 radical (unpaired) electrons. The standard InChI is InChI=1S/C10H15N3O3/c1-2-12(6-3-7-14)10-8-9(13(15)16)4-5-11-10/h4-5,8,14H,2-3,6-7H2,1H3. The average molecular weight is 225 g/mol. The molecule has 0 fully saturated rings. The highest BCUT2D eigenvalue weighted by Crippen LogP contribution is 2.17. The lowest BCUT2D eigenvalue weighted by atomic mass is 10.3. The first-order chi connectivity index (χ1) is 7.69. The summed E-state index contributed by atoms with van der Waals surface area (Å²) < 4.78 is 0. The van der Waals surface area contributed by atoms with Gasteiger partial charge in [-0.1, -0.05) is 0 Å². The Morgan fingerprint density at radius 2 is 2.38 bits per heavy atom. The summed E-state index contributed by atoms with van der Waals surface area (Å²) in [7, 11) is 0. The van der Waals surface area contributed by atoms with E-state index in [1.807, 2.05) is 11.8 Å². The fraction of sp³-hybridized carbons (Fsp3) is 0.500. The Bertz CT molecular complexity index is 357. The van der Waals surface area contributed by atoms with E-state index in [0.29, 0.717) is 25.3 Å². The molecule has 6 nitrogen and oxygen atoms in total. The molecule has 0 bridgehead atoms. The Morgan fingerprint density at radius 3 is 2.94 bits per heavy atom. The van der Waals surface area contributed by atoms with Gasteiger partial charge in [-0.05, 0) is 13.3 Å². The van der Waals surface area contributed by atoms with E-state index in [-0.39, 0.29) is 12.3 Å². The summed E-state index contributed by atoms with van der Waals surface area (Å²) in [5.41, 5.74) is 0.0347. The van der Waals surface area contributed by atoms with Crippen molar-refractivity contribution in [3.05, 3.63) is 28.4 Å². The highest BCUT2D eigenvalue weighted by atomic mass is 16.6. The monoisotopic (exact) mass is 225 g/mol. The molecular weight excluding hydrogens is 210 g/mol. The number of nitrogens with zero attached hydrogens (tertiary/aromatic N) is 3. The fourth-order valence-electron chi connectivity index (χ4n) is 1.39. The van der Waals surface area contributed by atoms with Crippen LogP contribution in [0, 0.1) is 10.1 Å². The minimum absolute atomic E-state index is 0.0347. The summed E-state index contributed by atoms with van der Waals surface area (Å²) in [5, 5.41) is 19.3. The lowest BCUT2D eigenvalue weighted by Crippen LogP contribution is -2.25. The Labute approximate surface area is 93.7 Å². The molecule has 0 amide bonds. The number of pyridine rings is 1. The van der Waals surface area contributed by atoms with Crippen LogP contribution >= 0.6 is 0 Å². The zero-order valence-electron chi connectivity index (χ0n) is 9.17. The Morgan fingerprint density at radius 1 is 1.62 bits per heavy atom. The molecule has 6 heteroatoms. The van der Waals surface area contributed by atoms with Gasteiger partial charge in [0.1, 0.15) is 5.82 Å². The van der Waals surface area contributed by atoms with Crippen LogP contribution in [0.5, 0.6) is 0 Å². The average Bonchev–Trinajstić information content (AvgIpc) is 2.30. The molecule has 1 aromatic rings. The third kappa shape index (κ3) is 3.16. The zero-order valence-corrected chi connectivity index (χ0v) is 9.17. The lowest BCUT2D eigenvalue weighted by molar-refractivity contribution is -0.384. The molecule has 1 heterocycles. The number of nitro groups is 1. The summed E-state index contributed by atoms with van der Waals surface area (Å²) in [6.45, 7) is 3.39. The van der Waals surface area contributed by atoms with E-state index < -0.39 is 4.92 Å². The van der Waals surface area contributed by atoms with Gasteiger partial charge >= 0.3 is 0 Å². The third-order valence-electron chi connectivity index (χ3n) is 2.23. The van der Waals surface area contributed by atoms with Crippen molar-refractivity contribution >= 4 is 11.5 Å². The van der Waals surface area contributed by atoms with Crippen molar-refractivity contribution in [2.24, 2.45) is 0 Å². The maximum atomic E-state index is 10.6. The first kappa shape index (κ1) is 12.4. The molecule has 0 saturated heterocycles. The summed E-state index contributed by atoms with van der Waals surface area (Å²) in [5.74, 6) is 0.574. The van der Waals surface area contributed by atoms with Gasteiger partial charge in [0.25, 0.3) is 5.69 Å². The number of hydrogen-bond donors (Lipinski definition) is 1. The second-order valence-corrected chi connectivity index (χ2v) is 3.29. The number of rotatable bonds is 6. The second-order valence-electron chi connectivity index (χ2n) is 3.29. The van der Waals surface area contributed by atoms with Gasteiger partial charge in [0.2, 0.25) is 0 Å². The van der Waals surface area contributed by atoms with Gasteiger partial charge in [-0.25, -0.2) is 4.98 Å². The third-order valence-corrected chi connectivity index (χ3v) is 2.23. The Hall–Kier alpha value is -1.69. The first-order valence-corrected chi connectivity index (χ1v) is 5.15. The topological polar surface area (TPSA) is 79.5 Å². The van der Waals surface area contributed by atoms with Gasteiger partial charge < -0.3 is 10.0 Å². The molecule has 1 aromatic heterocycles. The molecular formula is C10H15N3O3. The largest absolute Gasteiger partial charge is 0.396 e. The van der Waals surface area contributed by atoms with Crippen molar-refractivity contribution in [3.63, 3.8) is 0 Å². The Balaban J connectivity index is 2.83. The van der Waals surface area contributed by atoms with Gasteiger partial charge in [-0.15, -0.1) is 0 Å². The number of aliphatic hydroxyl groups excluding tert-OH is 1. The predicted octanol–water partition coefficient (Wildman–Crippen LogP) is 1.20. The highest BCUT2D eigenvalue weighted by molar-refractivity contribution is 5.46. The minimum Gasteiger partial charge on any atom is -0.396 e. The molecule has 0 atom stereocenters. The SMILES string of the molecule is CCN(CCCO)c1cc([N+](=O)[O-])ccn1. The minimum atomic E-state index is -0.439. The van der Waals surface area contributed by atoms with Crippen molar-refractivity contribution in [1.82, 2.24) is 4.98 Å². The van der Waals surface area contributed by atoms with Gasteiger partial charge in [0, 0.05) is 32.0 Å². The van der Waals surface area contributed by atoms with Crippen molar-refractivity contribution in [3.8, 4) is 0 Å². The van der Waals surface area contributed by atoms with Crippen LogP contribution in [0.15, 0.2) is 18.3 Å². The Kier molecular flexibility index (Phi) is 4.65. The van der Waals surface area contributed by atoms with Crippen LogP contribution in [0.25, 0.3) is 0 Å². The summed E-state index contributed by atoms with van der Waals surface area (Å²) in [4.78, 5) is 16.1. The molecule has 0 aliphatic heterocycles. The number of hydrogen-bond acceptors (Lipinski definition) is 5. The van der Waals surface area contributed by atoms with Crippen LogP contribution in [-0.4, -0.2) is 34.7 Å². The van der Waals surface area contributed by atoms with Crippen molar-refractivity contribution in [2.45, 2.75) is 13.3 Å². The molecule has 0 unspecified atom stereocenters. The molecule has 0 aromatic carbocycles. The van der Waals surface area contributed by atoms with Crippen molar-refractivity contribution in [1.29, 1.82) is 0 Å². The van der Waals surface area contributed by atoms with E-state index in [1.54, 1.807) is 0 Å². The van der Waals surface area contributed by atoms with Crippen molar-refractivity contribution in [2.75, 3.05) is 24.6 Å². The van der Waals surface area contributed by atoms with Gasteiger partial charge in [0.05, 0.1) is 11.0 Å². The molecule has 0 spiro atoms. The molecule has 88 valence electrons. The van der Waals surface area contributed by atoms with E-state index in [0.717, 1.165) is 0 Å². The van der Waals surface area contributed by atoms with Gasteiger partial charge in [-0.3, -0.25) is 10.1 Å². The molecule has 1 rings (SSSR count). The number of aliphatic hydroxyl groups is 1. The normalized spacial score (nSPS) is 10.1. The maximum absolute atomic E-state index is 10.6.